The molecule has 0 bridgehead atoms. The van der Waals surface area contributed by atoms with Gasteiger partial charge in [0.2, 0.25) is 0 Å². The molecule has 35 heavy (non-hydrogen) atoms. The molecule has 1 aromatic heterocycles. The van der Waals surface area contributed by atoms with Gasteiger partial charge >= 0.3 is 6.36 Å². The van der Waals surface area contributed by atoms with Crippen LogP contribution in [0.15, 0.2) is 71.5 Å². The maximum Gasteiger partial charge on any atom is 0.573 e. The number of halogens is 3. The molecule has 0 aliphatic carbocycles. The summed E-state index contributed by atoms with van der Waals surface area (Å²) in [7, 11) is 1.57. The zero-order chi connectivity index (χ0) is 25.2. The average molecular weight is 501 g/mol. The molecule has 0 atom stereocenters. The third-order valence-corrected chi connectivity index (χ3v) is 5.41. The second-order valence-corrected chi connectivity index (χ2v) is 7.84. The van der Waals surface area contributed by atoms with E-state index in [9.17, 15) is 22.8 Å². The number of aromatic amines is 1. The van der Waals surface area contributed by atoms with Crippen LogP contribution in [0.25, 0.3) is 10.9 Å². The summed E-state index contributed by atoms with van der Waals surface area (Å²) in [6, 6.07) is 16.5. The van der Waals surface area contributed by atoms with Gasteiger partial charge in [-0.1, -0.05) is 12.1 Å². The van der Waals surface area contributed by atoms with Crippen LogP contribution in [0.4, 0.5) is 18.9 Å². The number of ether oxygens (including phenoxy) is 2. The van der Waals surface area contributed by atoms with Crippen LogP contribution in [0.3, 0.4) is 0 Å². The molecular formula is C24H18F3N3O4S. The number of nitrogens with one attached hydrogen (secondary N) is 2. The number of benzene rings is 3. The Morgan fingerprint density at radius 2 is 1.69 bits per heavy atom. The highest BCUT2D eigenvalue weighted by Gasteiger charge is 2.31. The summed E-state index contributed by atoms with van der Waals surface area (Å²) in [5, 5.41) is 2.93. The Morgan fingerprint density at radius 1 is 1.03 bits per heavy atom. The topological polar surface area (TPSA) is 85.3 Å². The maximum atomic E-state index is 13.0. The van der Waals surface area contributed by atoms with Gasteiger partial charge in [0.1, 0.15) is 11.5 Å². The number of hydrogen-bond donors (Lipinski definition) is 2. The first-order chi connectivity index (χ1) is 16.6. The molecule has 1 heterocycles. The molecule has 1 amide bonds. The summed E-state index contributed by atoms with van der Waals surface area (Å²) < 4.78 is 47.4. The van der Waals surface area contributed by atoms with E-state index in [1.165, 1.54) is 34.9 Å². The van der Waals surface area contributed by atoms with Gasteiger partial charge in [-0.2, -0.15) is 0 Å². The fraction of sp³-hybridized carbons (Fsp3) is 0.125. The molecule has 0 saturated heterocycles. The molecule has 4 rings (SSSR count). The van der Waals surface area contributed by atoms with Crippen molar-refractivity contribution in [3.8, 4) is 11.5 Å². The number of H-pyrrole nitrogens is 1. The van der Waals surface area contributed by atoms with Gasteiger partial charge in [0, 0.05) is 11.3 Å². The van der Waals surface area contributed by atoms with Crippen molar-refractivity contribution < 1.29 is 27.4 Å². The van der Waals surface area contributed by atoms with Crippen molar-refractivity contribution in [2.75, 3.05) is 12.4 Å². The number of rotatable bonds is 6. The van der Waals surface area contributed by atoms with Crippen molar-refractivity contribution in [2.45, 2.75) is 12.9 Å². The Kier molecular flexibility index (Phi) is 6.61. The van der Waals surface area contributed by atoms with Crippen molar-refractivity contribution in [3.05, 3.63) is 93.0 Å². The van der Waals surface area contributed by atoms with E-state index in [0.29, 0.717) is 16.7 Å². The quantitative estimate of drug-likeness (QED) is 0.352. The van der Waals surface area contributed by atoms with Crippen LogP contribution in [0.2, 0.25) is 0 Å². The Balaban J connectivity index is 1.55. The van der Waals surface area contributed by atoms with Crippen LogP contribution in [0, 0.1) is 4.77 Å². The zero-order valence-corrected chi connectivity index (χ0v) is 19.0. The Hall–Kier alpha value is -4.12. The minimum atomic E-state index is -4.80. The summed E-state index contributed by atoms with van der Waals surface area (Å²) in [6.07, 6.45) is -4.80. The second-order valence-electron chi connectivity index (χ2n) is 7.46. The molecule has 4 aromatic rings. The third-order valence-electron chi connectivity index (χ3n) is 5.09. The van der Waals surface area contributed by atoms with Gasteiger partial charge < -0.3 is 19.8 Å². The highest BCUT2D eigenvalue weighted by Crippen LogP contribution is 2.24. The molecule has 0 saturated carbocycles. The molecule has 0 radical (unpaired) electrons. The van der Waals surface area contributed by atoms with E-state index in [2.05, 4.69) is 15.0 Å². The Morgan fingerprint density at radius 3 is 2.31 bits per heavy atom. The molecule has 0 spiro atoms. The molecule has 0 fully saturated rings. The molecule has 2 N–H and O–H groups in total. The van der Waals surface area contributed by atoms with Crippen molar-refractivity contribution in [3.63, 3.8) is 0 Å². The predicted octanol–water partition coefficient (Wildman–Crippen LogP) is 5.27. The van der Waals surface area contributed by atoms with Crippen LogP contribution >= 0.6 is 12.2 Å². The van der Waals surface area contributed by atoms with Crippen molar-refractivity contribution >= 4 is 34.7 Å². The number of amides is 1. The number of aromatic nitrogens is 2. The lowest BCUT2D eigenvalue weighted by molar-refractivity contribution is -0.274. The van der Waals surface area contributed by atoms with Gasteiger partial charge in [0.25, 0.3) is 11.5 Å². The van der Waals surface area contributed by atoms with Crippen LogP contribution in [0.1, 0.15) is 15.9 Å². The Bertz CT molecular complexity index is 1490. The lowest BCUT2D eigenvalue weighted by Crippen LogP contribution is -2.23. The number of methoxy groups -OCH3 is 1. The Labute approximate surface area is 201 Å². The summed E-state index contributed by atoms with van der Waals surface area (Å²) >= 11 is 5.37. The number of carbonyl (C=O) groups is 1. The number of hydrogen-bond acceptors (Lipinski definition) is 5. The van der Waals surface area contributed by atoms with Gasteiger partial charge in [0.15, 0.2) is 4.77 Å². The van der Waals surface area contributed by atoms with E-state index in [1.54, 1.807) is 19.2 Å². The molecule has 0 aliphatic rings. The van der Waals surface area contributed by atoms with Crippen molar-refractivity contribution in [1.29, 1.82) is 0 Å². The minimum Gasteiger partial charge on any atom is -0.497 e. The number of fused-ring (bicyclic) bond motifs is 1. The van der Waals surface area contributed by atoms with Gasteiger partial charge in [-0.05, 0) is 72.4 Å². The van der Waals surface area contributed by atoms with Crippen LogP contribution < -0.4 is 20.3 Å². The summed E-state index contributed by atoms with van der Waals surface area (Å²) in [5.41, 5.74) is 1.42. The molecule has 0 unspecified atom stereocenters. The fourth-order valence-electron chi connectivity index (χ4n) is 3.40. The standard InChI is InChI=1S/C24H18F3N3O4S/c1-33-17-7-2-14(3-8-17)13-30-22(32)19-11-4-15(12-20(19)29-23(30)35)21(31)28-16-5-9-18(10-6-16)34-24(25,26)27/h2-12H,13H2,1H3,(H,28,31)(H,29,35). The first-order valence-electron chi connectivity index (χ1n) is 10.2. The van der Waals surface area contributed by atoms with Crippen LogP contribution in [-0.4, -0.2) is 28.9 Å². The highest BCUT2D eigenvalue weighted by atomic mass is 32.1. The van der Waals surface area contributed by atoms with Gasteiger partial charge in [-0.25, -0.2) is 0 Å². The molecule has 180 valence electrons. The monoisotopic (exact) mass is 501 g/mol. The largest absolute Gasteiger partial charge is 0.573 e. The molecule has 7 nitrogen and oxygen atoms in total. The first-order valence-corrected chi connectivity index (χ1v) is 10.6. The normalized spacial score (nSPS) is 11.3. The molecule has 11 heteroatoms. The second kappa shape index (κ2) is 9.63. The summed E-state index contributed by atoms with van der Waals surface area (Å²) in [6.45, 7) is 0.254. The van der Waals surface area contributed by atoms with E-state index >= 15 is 0 Å². The number of alkyl halides is 3. The lowest BCUT2D eigenvalue weighted by atomic mass is 10.1. The predicted molar refractivity (Wildman–Crippen MR) is 127 cm³/mol. The van der Waals surface area contributed by atoms with E-state index < -0.39 is 18.0 Å². The van der Waals surface area contributed by atoms with Crippen molar-refractivity contribution in [1.82, 2.24) is 9.55 Å². The lowest BCUT2D eigenvalue weighted by Gasteiger charge is -2.11. The van der Waals surface area contributed by atoms with E-state index in [4.69, 9.17) is 17.0 Å². The third kappa shape index (κ3) is 5.69. The maximum absolute atomic E-state index is 13.0. The van der Waals surface area contributed by atoms with Gasteiger partial charge in [-0.15, -0.1) is 13.2 Å². The highest BCUT2D eigenvalue weighted by molar-refractivity contribution is 7.71. The first kappa shape index (κ1) is 24.0. The van der Waals surface area contributed by atoms with E-state index in [-0.39, 0.29) is 28.1 Å². The zero-order valence-electron chi connectivity index (χ0n) is 18.2. The number of nitrogens with zero attached hydrogens (tertiary/aromatic N) is 1. The van der Waals surface area contributed by atoms with E-state index in [0.717, 1.165) is 17.7 Å². The molecule has 0 aliphatic heterocycles. The molecular weight excluding hydrogens is 483 g/mol. The summed E-state index contributed by atoms with van der Waals surface area (Å²) in [5.74, 6) is -0.223. The molecule has 3 aromatic carbocycles. The van der Waals surface area contributed by atoms with Crippen molar-refractivity contribution in [2.24, 2.45) is 0 Å². The summed E-state index contributed by atoms with van der Waals surface area (Å²) in [4.78, 5) is 28.7. The number of carbonyl (C=O) groups excluding carboxylic acids is 1. The smallest absolute Gasteiger partial charge is 0.497 e. The minimum absolute atomic E-state index is 0.191. The van der Waals surface area contributed by atoms with E-state index in [1.807, 2.05) is 12.1 Å². The van der Waals surface area contributed by atoms with Gasteiger partial charge in [-0.3, -0.25) is 14.2 Å². The SMILES string of the molecule is COc1ccc(Cn2c(=S)[nH]c3cc(C(=O)Nc4ccc(OC(F)(F)F)cc4)ccc3c2=O)cc1. The number of anilines is 1. The fourth-order valence-corrected chi connectivity index (χ4v) is 3.65. The average Bonchev–Trinajstić information content (AvgIpc) is 2.82. The van der Waals surface area contributed by atoms with Gasteiger partial charge in [0.05, 0.1) is 24.6 Å². The van der Waals surface area contributed by atoms with Crippen LogP contribution in [0.5, 0.6) is 11.5 Å². The van der Waals surface area contributed by atoms with Crippen LogP contribution in [-0.2, 0) is 6.54 Å².